The molecule has 1 fully saturated rings. The number of aldehydes is 1. The molecule has 0 radical (unpaired) electrons. The minimum atomic E-state index is -3.77. The van der Waals surface area contributed by atoms with E-state index in [9.17, 15) is 22.8 Å². The second-order valence-electron chi connectivity index (χ2n) is 6.25. The maximum Gasteiger partial charge on any atom is 0.243 e. The molecule has 1 atom stereocenters. The van der Waals surface area contributed by atoms with Gasteiger partial charge in [0.1, 0.15) is 12.3 Å². The van der Waals surface area contributed by atoms with Gasteiger partial charge in [0, 0.05) is 20.2 Å². The standard InChI is InChI=1S/C14H17N3O5S.C4H11N3.C2H6.CH4O/c18-9-7-15-14(20)12-6-8-17(12)13(19)10-16-23(21,22)11-4-2-1-3-5-11;1-2-3-7-4(5)6;2*1-2/h1-5,9,12,16H,6-8,10H2,(H,15,20);2-3H2,1H3,(H4,5,6,7);1-2H3;2H,1H3/t12-;;;/m0.../s1. The molecular weight excluding hydrogens is 464 g/mol. The van der Waals surface area contributed by atoms with Gasteiger partial charge in [0.05, 0.1) is 18.0 Å². The summed E-state index contributed by atoms with van der Waals surface area (Å²) in [5.74, 6) is -0.716. The number of guanidine groups is 1. The number of nitrogens with two attached hydrogens (primary N) is 2. The molecule has 0 spiro atoms. The number of aliphatic hydroxyl groups excluding tert-OH is 1. The maximum atomic E-state index is 12.0. The SMILES string of the molecule is CC.CCCN=C(N)N.CO.O=CCNC(=O)[C@@H]1CCN1C(=O)CNS(=O)(=O)c1ccccc1. The number of sulfonamides is 1. The third-order valence-electron chi connectivity index (χ3n) is 3.99. The van der Waals surface area contributed by atoms with Crippen LogP contribution in [0.5, 0.6) is 0 Å². The van der Waals surface area contributed by atoms with Crippen molar-refractivity contribution in [3.8, 4) is 0 Å². The fraction of sp³-hybridized carbons (Fsp3) is 0.524. The first-order valence-corrected chi connectivity index (χ1v) is 12.3. The number of nitrogens with zero attached hydrogens (tertiary/aromatic N) is 2. The molecule has 1 heterocycles. The van der Waals surface area contributed by atoms with Crippen molar-refractivity contribution in [2.45, 2.75) is 44.6 Å². The number of nitrogens with one attached hydrogen (secondary N) is 2. The third-order valence-corrected chi connectivity index (χ3v) is 5.40. The molecule has 1 aliphatic rings. The van der Waals surface area contributed by atoms with E-state index >= 15 is 0 Å². The van der Waals surface area contributed by atoms with Crippen molar-refractivity contribution in [1.29, 1.82) is 0 Å². The van der Waals surface area contributed by atoms with Crippen LogP contribution in [-0.2, 0) is 24.4 Å². The molecule has 12 nitrogen and oxygen atoms in total. The Kier molecular flexibility index (Phi) is 19.0. The van der Waals surface area contributed by atoms with Crippen LogP contribution < -0.4 is 21.5 Å². The van der Waals surface area contributed by atoms with Gasteiger partial charge < -0.3 is 31.6 Å². The molecule has 0 unspecified atom stereocenters. The van der Waals surface area contributed by atoms with Crippen molar-refractivity contribution < 1.29 is 27.9 Å². The summed E-state index contributed by atoms with van der Waals surface area (Å²) in [6.07, 6.45) is 2.04. The quantitative estimate of drug-likeness (QED) is 0.164. The van der Waals surface area contributed by atoms with Crippen LogP contribution in [0.1, 0.15) is 33.6 Å². The molecule has 1 saturated heterocycles. The number of rotatable bonds is 9. The molecule has 0 saturated carbocycles. The van der Waals surface area contributed by atoms with Gasteiger partial charge in [-0.25, -0.2) is 13.1 Å². The monoisotopic (exact) mass is 502 g/mol. The number of carbonyl (C=O) groups excluding carboxylic acids is 3. The lowest BCUT2D eigenvalue weighted by atomic mass is 10.0. The zero-order chi connectivity index (χ0) is 26.6. The number of aliphatic hydroxyl groups is 1. The number of amides is 2. The Balaban J connectivity index is 0. The molecule has 1 aliphatic heterocycles. The Morgan fingerprint density at radius 2 is 1.79 bits per heavy atom. The van der Waals surface area contributed by atoms with E-state index in [1.54, 1.807) is 18.2 Å². The summed E-state index contributed by atoms with van der Waals surface area (Å²) in [5, 5.41) is 9.38. The second kappa shape index (κ2) is 19.4. The molecular formula is C21H38N6O6S. The number of carbonyl (C=O) groups is 3. The Bertz CT molecular complexity index is 845. The number of hydrogen-bond acceptors (Lipinski definition) is 7. The lowest BCUT2D eigenvalue weighted by Gasteiger charge is -2.39. The molecule has 34 heavy (non-hydrogen) atoms. The predicted octanol–water partition coefficient (Wildman–Crippen LogP) is -0.815. The summed E-state index contributed by atoms with van der Waals surface area (Å²) in [7, 11) is -2.77. The third kappa shape index (κ3) is 12.9. The minimum absolute atomic E-state index is 0.0664. The smallest absolute Gasteiger partial charge is 0.243 e. The number of hydrogen-bond donors (Lipinski definition) is 5. The highest BCUT2D eigenvalue weighted by Gasteiger charge is 2.37. The van der Waals surface area contributed by atoms with Crippen molar-refractivity contribution >= 4 is 34.1 Å². The van der Waals surface area contributed by atoms with Gasteiger partial charge in [-0.3, -0.25) is 14.6 Å². The first kappa shape index (κ1) is 33.1. The Labute approximate surface area is 201 Å². The Morgan fingerprint density at radius 1 is 1.21 bits per heavy atom. The summed E-state index contributed by atoms with van der Waals surface area (Å²) in [5.41, 5.74) is 10.0. The van der Waals surface area contributed by atoms with E-state index in [1.807, 2.05) is 20.8 Å². The maximum absolute atomic E-state index is 12.0. The number of benzene rings is 1. The minimum Gasteiger partial charge on any atom is -0.400 e. The predicted molar refractivity (Wildman–Crippen MR) is 131 cm³/mol. The summed E-state index contributed by atoms with van der Waals surface area (Å²) >= 11 is 0. The number of likely N-dealkylation sites (tertiary alicyclic amines) is 1. The van der Waals surface area contributed by atoms with Crippen molar-refractivity contribution in [3.63, 3.8) is 0 Å². The van der Waals surface area contributed by atoms with Crippen LogP contribution in [0, 0.1) is 0 Å². The molecule has 0 bridgehead atoms. The highest BCUT2D eigenvalue weighted by atomic mass is 32.2. The van der Waals surface area contributed by atoms with Crippen LogP contribution in [0.2, 0.25) is 0 Å². The van der Waals surface area contributed by atoms with E-state index < -0.39 is 34.4 Å². The van der Waals surface area contributed by atoms with Gasteiger partial charge in [0.15, 0.2) is 5.96 Å². The van der Waals surface area contributed by atoms with Crippen LogP contribution >= 0.6 is 0 Å². The lowest BCUT2D eigenvalue weighted by Crippen LogP contribution is -2.60. The summed E-state index contributed by atoms with van der Waals surface area (Å²) in [6.45, 7) is 6.60. The summed E-state index contributed by atoms with van der Waals surface area (Å²) in [6, 6.07) is 7.05. The largest absolute Gasteiger partial charge is 0.400 e. The molecule has 2 rings (SSSR count). The van der Waals surface area contributed by atoms with E-state index in [2.05, 4.69) is 15.0 Å². The van der Waals surface area contributed by atoms with Gasteiger partial charge in [-0.1, -0.05) is 39.0 Å². The van der Waals surface area contributed by atoms with Gasteiger partial charge in [-0.05, 0) is 25.0 Å². The first-order chi connectivity index (χ1) is 16.2. The summed E-state index contributed by atoms with van der Waals surface area (Å²) in [4.78, 5) is 39.1. The van der Waals surface area contributed by atoms with Gasteiger partial charge in [-0.2, -0.15) is 0 Å². The van der Waals surface area contributed by atoms with Crippen molar-refractivity contribution in [3.05, 3.63) is 30.3 Å². The average molecular weight is 503 g/mol. The van der Waals surface area contributed by atoms with Crippen LogP contribution in [0.3, 0.4) is 0 Å². The molecule has 13 heteroatoms. The molecule has 0 aliphatic carbocycles. The Morgan fingerprint density at radius 3 is 2.21 bits per heavy atom. The molecule has 1 aromatic carbocycles. The van der Waals surface area contributed by atoms with E-state index in [1.165, 1.54) is 17.0 Å². The van der Waals surface area contributed by atoms with Crippen LogP contribution in [0.4, 0.5) is 0 Å². The van der Waals surface area contributed by atoms with Crippen LogP contribution in [0.15, 0.2) is 40.2 Å². The van der Waals surface area contributed by atoms with E-state index in [0.717, 1.165) is 20.1 Å². The summed E-state index contributed by atoms with van der Waals surface area (Å²) < 4.78 is 26.3. The van der Waals surface area contributed by atoms with E-state index in [4.69, 9.17) is 16.6 Å². The van der Waals surface area contributed by atoms with Crippen molar-refractivity contribution in [2.75, 3.05) is 33.3 Å². The zero-order valence-corrected chi connectivity index (χ0v) is 21.0. The van der Waals surface area contributed by atoms with E-state index in [0.29, 0.717) is 19.3 Å². The highest BCUT2D eigenvalue weighted by molar-refractivity contribution is 7.89. The molecule has 0 aromatic heterocycles. The van der Waals surface area contributed by atoms with Gasteiger partial charge in [0.2, 0.25) is 21.8 Å². The highest BCUT2D eigenvalue weighted by Crippen LogP contribution is 2.17. The first-order valence-electron chi connectivity index (χ1n) is 10.8. The van der Waals surface area contributed by atoms with Crippen molar-refractivity contribution in [1.82, 2.24) is 14.9 Å². The normalized spacial score (nSPS) is 13.7. The fourth-order valence-electron chi connectivity index (χ4n) is 2.40. The van der Waals surface area contributed by atoms with E-state index in [-0.39, 0.29) is 17.4 Å². The lowest BCUT2D eigenvalue weighted by molar-refractivity contribution is -0.146. The van der Waals surface area contributed by atoms with Gasteiger partial charge in [0.25, 0.3) is 0 Å². The van der Waals surface area contributed by atoms with Crippen LogP contribution in [0.25, 0.3) is 0 Å². The fourth-order valence-corrected chi connectivity index (χ4v) is 3.40. The zero-order valence-electron chi connectivity index (χ0n) is 20.2. The van der Waals surface area contributed by atoms with Gasteiger partial charge >= 0.3 is 0 Å². The second-order valence-corrected chi connectivity index (χ2v) is 8.01. The number of aliphatic imine (C=N–C) groups is 1. The average Bonchev–Trinajstić information content (AvgIpc) is 2.83. The van der Waals surface area contributed by atoms with Crippen LogP contribution in [-0.4, -0.2) is 81.8 Å². The van der Waals surface area contributed by atoms with Crippen molar-refractivity contribution in [2.24, 2.45) is 16.5 Å². The molecule has 194 valence electrons. The molecule has 1 aromatic rings. The Hall–Kier alpha value is -3.03. The molecule has 2 amide bonds. The van der Waals surface area contributed by atoms with Gasteiger partial charge in [-0.15, -0.1) is 0 Å². The topological polar surface area (TPSA) is 197 Å². The molecule has 7 N–H and O–H groups in total.